The van der Waals surface area contributed by atoms with Gasteiger partial charge in [0.05, 0.1) is 21.1 Å². The maximum atomic E-state index is 8.67. The summed E-state index contributed by atoms with van der Waals surface area (Å²) in [7, 11) is 4.81. The minimum absolute atomic E-state index is 0.579. The van der Waals surface area contributed by atoms with Crippen LogP contribution in [0.5, 0.6) is 0 Å². The topological polar surface area (TPSA) is 29.5 Å². The summed E-state index contributed by atoms with van der Waals surface area (Å²) in [6.45, 7) is 1.48. The van der Waals surface area contributed by atoms with Gasteiger partial charge in [0, 0.05) is 0 Å². The zero-order chi connectivity index (χ0) is 8.20. The van der Waals surface area contributed by atoms with Gasteiger partial charge in [-0.25, -0.2) is 0 Å². The molecular weight excluding hydrogens is 149 g/mol. The van der Waals surface area contributed by atoms with Crippen LogP contribution in [0.2, 0.25) is 0 Å². The predicted molar refractivity (Wildman–Crippen MR) is 45.1 cm³/mol. The summed E-state index contributed by atoms with van der Waals surface area (Å²) < 4.78 is 5.76. The van der Waals surface area contributed by atoms with Crippen molar-refractivity contribution in [3.8, 4) is 0 Å². The second-order valence-corrected chi connectivity index (χ2v) is 4.16. The lowest BCUT2D eigenvalue weighted by atomic mass is 10.5. The summed E-state index contributed by atoms with van der Waals surface area (Å²) >= 11 is 0. The first-order valence-electron chi connectivity index (χ1n) is 3.15. The molecule has 1 N–H and O–H groups in total. The van der Waals surface area contributed by atoms with E-state index in [9.17, 15) is 0 Å². The highest BCUT2D eigenvalue weighted by Crippen LogP contribution is 2.12. The summed E-state index contributed by atoms with van der Waals surface area (Å²) in [6.07, 6.45) is 3.35. The van der Waals surface area contributed by atoms with Gasteiger partial charge in [0.25, 0.3) is 0 Å². The third-order valence-corrected chi connectivity index (χ3v) is 1.48. The average molecular weight is 165 g/mol. The van der Waals surface area contributed by atoms with Gasteiger partial charge in [-0.1, -0.05) is 0 Å². The van der Waals surface area contributed by atoms with Crippen LogP contribution in [0.1, 0.15) is 0 Å². The molecule has 1 atom stereocenters. The van der Waals surface area contributed by atoms with Gasteiger partial charge in [-0.05, 0) is 0 Å². The molecule has 0 aromatic rings. The molecule has 4 heteroatoms. The van der Waals surface area contributed by atoms with E-state index in [-0.39, 0.29) is 0 Å². The number of likely N-dealkylation sites (N-methyl/N-ethyl adjacent to an activating group) is 1. The lowest BCUT2D eigenvalue weighted by Crippen LogP contribution is -2.37. The highest BCUT2D eigenvalue weighted by atomic mass is 31.1. The Morgan fingerprint density at radius 1 is 1.50 bits per heavy atom. The van der Waals surface area contributed by atoms with Crippen molar-refractivity contribution < 1.29 is 13.9 Å². The molecule has 0 aliphatic rings. The van der Waals surface area contributed by atoms with E-state index in [0.717, 1.165) is 11.0 Å². The largest absolute Gasteiger partial charge is 0.420 e. The summed E-state index contributed by atoms with van der Waals surface area (Å²) in [4.78, 5) is 8.67. The first kappa shape index (κ1) is 10.0. The van der Waals surface area contributed by atoms with Crippen LogP contribution in [0, 0.1) is 0 Å². The molecule has 0 saturated carbocycles. The average Bonchev–Trinajstić information content (AvgIpc) is 1.59. The van der Waals surface area contributed by atoms with Crippen LogP contribution >= 0.6 is 8.00 Å². The van der Waals surface area contributed by atoms with Crippen molar-refractivity contribution in [3.63, 3.8) is 0 Å². The van der Waals surface area contributed by atoms with Crippen molar-refractivity contribution in [1.29, 1.82) is 0 Å². The quantitative estimate of drug-likeness (QED) is 0.484. The van der Waals surface area contributed by atoms with E-state index in [1.54, 1.807) is 0 Å². The Kier molecular flexibility index (Phi) is 4.06. The molecule has 0 rings (SSSR count). The van der Waals surface area contributed by atoms with Crippen molar-refractivity contribution in [2.45, 2.75) is 0 Å². The minimum atomic E-state index is -1.41. The standard InChI is InChI=1S/C6H16NO2P/c1-7(2,3)5-6-9-10(4)8/h8H,4-6H2,1-3H3/q+2. The molecule has 0 aromatic carbocycles. The molecule has 3 nitrogen and oxygen atoms in total. The normalized spacial score (nSPS) is 13.4. The monoisotopic (exact) mass is 165 g/mol. The molecular formula is C6H16NO2P+2. The second-order valence-electron chi connectivity index (χ2n) is 3.20. The molecule has 0 amide bonds. The summed E-state index contributed by atoms with van der Waals surface area (Å²) in [5.74, 6) is 0. The smallest absolute Gasteiger partial charge is 0.329 e. The van der Waals surface area contributed by atoms with Crippen molar-refractivity contribution in [2.75, 3.05) is 34.3 Å². The highest BCUT2D eigenvalue weighted by molar-refractivity contribution is 7.44. The van der Waals surface area contributed by atoms with Crippen molar-refractivity contribution >= 4 is 14.3 Å². The van der Waals surface area contributed by atoms with Gasteiger partial charge in [0.15, 0.2) is 6.61 Å². The molecule has 60 valence electrons. The number of hydrogen-bond acceptors (Lipinski definition) is 2. The molecule has 0 aliphatic carbocycles. The van der Waals surface area contributed by atoms with Gasteiger partial charge in [-0.15, -0.1) is 4.52 Å². The molecule has 0 heterocycles. The molecule has 0 fully saturated rings. The summed E-state index contributed by atoms with van der Waals surface area (Å²) in [5.41, 5.74) is 0. The fraction of sp³-hybridized carbons (Fsp3) is 0.833. The Balaban J connectivity index is 3.29. The van der Waals surface area contributed by atoms with Gasteiger partial charge >= 0.3 is 8.00 Å². The number of rotatable bonds is 4. The Morgan fingerprint density at radius 2 is 2.00 bits per heavy atom. The number of hydrogen-bond donors (Lipinski definition) is 1. The van der Waals surface area contributed by atoms with Crippen LogP contribution in [0.3, 0.4) is 0 Å². The maximum Gasteiger partial charge on any atom is 0.420 e. The zero-order valence-electron chi connectivity index (χ0n) is 6.87. The van der Waals surface area contributed by atoms with Crippen LogP contribution in [0.15, 0.2) is 0 Å². The fourth-order valence-electron chi connectivity index (χ4n) is 0.420. The van der Waals surface area contributed by atoms with E-state index < -0.39 is 8.00 Å². The molecule has 0 aromatic heterocycles. The van der Waals surface area contributed by atoms with Crippen molar-refractivity contribution in [3.05, 3.63) is 0 Å². The number of nitrogens with zero attached hydrogens (tertiary/aromatic N) is 1. The van der Waals surface area contributed by atoms with Crippen molar-refractivity contribution in [1.82, 2.24) is 0 Å². The molecule has 0 saturated heterocycles. The van der Waals surface area contributed by atoms with E-state index >= 15 is 0 Å². The molecule has 0 spiro atoms. The molecule has 10 heavy (non-hydrogen) atoms. The van der Waals surface area contributed by atoms with E-state index in [4.69, 9.17) is 9.42 Å². The first-order chi connectivity index (χ1) is 4.42. The Bertz CT molecular complexity index is 119. The van der Waals surface area contributed by atoms with Crippen LogP contribution < -0.4 is 0 Å². The first-order valence-corrected chi connectivity index (χ1v) is 4.54. The molecule has 0 radical (unpaired) electrons. The molecule has 1 unspecified atom stereocenters. The highest BCUT2D eigenvalue weighted by Gasteiger charge is 2.09. The predicted octanol–water partition coefficient (Wildman–Crippen LogP) is 0.445. The Labute approximate surface area is 63.4 Å². The lowest BCUT2D eigenvalue weighted by Gasteiger charge is -2.21. The van der Waals surface area contributed by atoms with Crippen LogP contribution in [-0.2, 0) is 4.52 Å². The summed E-state index contributed by atoms with van der Waals surface area (Å²) in [6, 6.07) is 0. The van der Waals surface area contributed by atoms with Gasteiger partial charge < -0.3 is 4.48 Å². The van der Waals surface area contributed by atoms with Gasteiger partial charge in [0.1, 0.15) is 12.8 Å². The van der Waals surface area contributed by atoms with Gasteiger partial charge in [-0.2, -0.15) is 4.89 Å². The van der Waals surface area contributed by atoms with E-state index in [1.807, 2.05) is 0 Å². The Hall–Kier alpha value is 0.0500. The third-order valence-electron chi connectivity index (χ3n) is 1.00. The van der Waals surface area contributed by atoms with Gasteiger partial charge in [0.2, 0.25) is 0 Å². The fourth-order valence-corrected chi connectivity index (χ4v) is 0.712. The minimum Gasteiger partial charge on any atom is -0.329 e. The van der Waals surface area contributed by atoms with Crippen molar-refractivity contribution in [2.24, 2.45) is 0 Å². The third kappa shape index (κ3) is 8.05. The van der Waals surface area contributed by atoms with Crippen LogP contribution in [-0.4, -0.2) is 50.0 Å². The van der Waals surface area contributed by atoms with Crippen LogP contribution in [0.25, 0.3) is 0 Å². The summed E-state index contributed by atoms with van der Waals surface area (Å²) in [5, 5.41) is 0. The van der Waals surface area contributed by atoms with E-state index in [2.05, 4.69) is 27.4 Å². The van der Waals surface area contributed by atoms with Gasteiger partial charge in [-0.3, -0.25) is 0 Å². The zero-order valence-corrected chi connectivity index (χ0v) is 7.77. The second kappa shape index (κ2) is 4.04. The molecule has 0 bridgehead atoms. The Morgan fingerprint density at radius 3 is 2.30 bits per heavy atom. The van der Waals surface area contributed by atoms with E-state index in [0.29, 0.717) is 6.61 Å². The molecule has 0 aliphatic heterocycles. The SMILES string of the molecule is C=[P+](O)OCC[N+](C)(C)C. The number of quaternary nitrogens is 1. The van der Waals surface area contributed by atoms with Crippen LogP contribution in [0.4, 0.5) is 0 Å². The lowest BCUT2D eigenvalue weighted by molar-refractivity contribution is -0.870. The maximum absolute atomic E-state index is 8.67. The van der Waals surface area contributed by atoms with E-state index in [1.165, 1.54) is 0 Å².